The zero-order valence-corrected chi connectivity index (χ0v) is 19.7. The molecule has 1 N–H and O–H groups in total. The van der Waals surface area contributed by atoms with E-state index in [1.54, 1.807) is 37.3 Å². The Bertz CT molecular complexity index is 1040. The Morgan fingerprint density at radius 1 is 1.28 bits per heavy atom. The molecule has 1 aromatic carbocycles. The summed E-state index contributed by atoms with van der Waals surface area (Å²) in [6, 6.07) is 4.97. The third kappa shape index (κ3) is 4.68. The first-order chi connectivity index (χ1) is 15.3. The third-order valence-electron chi connectivity index (χ3n) is 5.53. The number of amides is 1. The van der Waals surface area contributed by atoms with Crippen LogP contribution >= 0.6 is 11.6 Å². The number of rotatable bonds is 7. The summed E-state index contributed by atoms with van der Waals surface area (Å²) in [6.45, 7) is 5.05. The first-order valence-corrected chi connectivity index (χ1v) is 10.9. The molecule has 3 rings (SSSR count). The molecule has 0 aliphatic carbocycles. The van der Waals surface area contributed by atoms with Crippen LogP contribution in [0.15, 0.2) is 23.0 Å². The van der Waals surface area contributed by atoms with Crippen molar-refractivity contribution in [1.82, 2.24) is 14.5 Å². The van der Waals surface area contributed by atoms with Crippen LogP contribution in [0.4, 0.5) is 10.5 Å². The predicted molar refractivity (Wildman–Crippen MR) is 123 cm³/mol. The topological polar surface area (TPSA) is 94.9 Å². The van der Waals surface area contributed by atoms with Crippen molar-refractivity contribution in [1.29, 1.82) is 0 Å². The number of anilines is 1. The molecule has 2 atom stereocenters. The zero-order chi connectivity index (χ0) is 23.4. The van der Waals surface area contributed by atoms with Gasteiger partial charge in [-0.2, -0.15) is 0 Å². The molecule has 1 amide bonds. The molecule has 1 aromatic heterocycles. The number of aryl methyl sites for hydroxylation is 1. The van der Waals surface area contributed by atoms with Gasteiger partial charge in [0.25, 0.3) is 5.56 Å². The minimum atomic E-state index is -0.426. The molecule has 2 heterocycles. The molecule has 0 radical (unpaired) electrons. The Hall–Kier alpha value is -2.78. The number of methoxy groups -OCH3 is 2. The van der Waals surface area contributed by atoms with Gasteiger partial charge in [-0.1, -0.05) is 18.5 Å². The van der Waals surface area contributed by atoms with Gasteiger partial charge >= 0.3 is 6.09 Å². The molecule has 0 bridgehead atoms. The maximum absolute atomic E-state index is 13.3. The second-order valence-electron chi connectivity index (χ2n) is 7.44. The van der Waals surface area contributed by atoms with Crippen molar-refractivity contribution in [3.05, 3.63) is 39.3 Å². The molecular formula is C22H29ClN4O5. The van der Waals surface area contributed by atoms with Crippen LogP contribution in [-0.2, 0) is 22.9 Å². The minimum absolute atomic E-state index is 0.231. The first kappa shape index (κ1) is 23.9. The maximum atomic E-state index is 13.3. The molecule has 1 unspecified atom stereocenters. The van der Waals surface area contributed by atoms with Gasteiger partial charge in [0, 0.05) is 25.8 Å². The van der Waals surface area contributed by atoms with Crippen molar-refractivity contribution in [3.63, 3.8) is 0 Å². The molecule has 2 aromatic rings. The summed E-state index contributed by atoms with van der Waals surface area (Å²) in [5.41, 5.74) is 1.41. The molecular weight excluding hydrogens is 436 g/mol. The van der Waals surface area contributed by atoms with Crippen LogP contribution in [0.25, 0.3) is 11.4 Å². The Morgan fingerprint density at radius 3 is 2.62 bits per heavy atom. The highest BCUT2D eigenvalue weighted by Gasteiger charge is 2.37. The van der Waals surface area contributed by atoms with Crippen LogP contribution in [0.3, 0.4) is 0 Å². The van der Waals surface area contributed by atoms with Crippen LogP contribution in [0.1, 0.15) is 19.5 Å². The number of ether oxygens (including phenoxy) is 3. The van der Waals surface area contributed by atoms with Gasteiger partial charge in [-0.25, -0.2) is 9.78 Å². The van der Waals surface area contributed by atoms with Gasteiger partial charge in [-0.15, -0.1) is 0 Å². The van der Waals surface area contributed by atoms with E-state index in [9.17, 15) is 9.59 Å². The quantitative estimate of drug-likeness (QED) is 0.673. The lowest BCUT2D eigenvalue weighted by atomic mass is 10.1. The summed E-state index contributed by atoms with van der Waals surface area (Å²) >= 11 is 6.44. The van der Waals surface area contributed by atoms with Gasteiger partial charge in [0.05, 0.1) is 43.6 Å². The number of nitrogens with one attached hydrogen (secondary N) is 1. The number of carbonyl (C=O) groups is 1. The maximum Gasteiger partial charge on any atom is 0.409 e. The van der Waals surface area contributed by atoms with Crippen molar-refractivity contribution < 1.29 is 19.0 Å². The monoisotopic (exact) mass is 464 g/mol. The van der Waals surface area contributed by atoms with Crippen molar-refractivity contribution >= 4 is 23.4 Å². The molecule has 10 heteroatoms. The Labute approximate surface area is 192 Å². The number of hydrogen-bond donors (Lipinski definition) is 1. The van der Waals surface area contributed by atoms with Crippen molar-refractivity contribution in [2.45, 2.75) is 32.4 Å². The summed E-state index contributed by atoms with van der Waals surface area (Å²) in [6.07, 6.45) is -0.166. The van der Waals surface area contributed by atoms with E-state index in [0.29, 0.717) is 59.7 Å². The number of benzene rings is 1. The number of carbonyl (C=O) groups excluding carboxylic acids is 1. The van der Waals surface area contributed by atoms with Crippen LogP contribution in [0.5, 0.6) is 5.75 Å². The molecule has 1 saturated heterocycles. The number of hydrogen-bond acceptors (Lipinski definition) is 7. The van der Waals surface area contributed by atoms with Crippen LogP contribution < -0.4 is 15.6 Å². The van der Waals surface area contributed by atoms with Gasteiger partial charge in [-0.05, 0) is 31.5 Å². The number of halogens is 1. The zero-order valence-electron chi connectivity index (χ0n) is 19.0. The van der Waals surface area contributed by atoms with E-state index < -0.39 is 6.09 Å². The fourth-order valence-corrected chi connectivity index (χ4v) is 4.11. The molecule has 1 fully saturated rings. The number of nitrogens with zero attached hydrogens (tertiary/aromatic N) is 3. The highest BCUT2D eigenvalue weighted by molar-refractivity contribution is 6.33. The Morgan fingerprint density at radius 2 is 2.03 bits per heavy atom. The second-order valence-corrected chi connectivity index (χ2v) is 7.85. The molecule has 0 saturated carbocycles. The van der Waals surface area contributed by atoms with Gasteiger partial charge < -0.3 is 24.4 Å². The normalized spacial score (nSPS) is 18.0. The van der Waals surface area contributed by atoms with E-state index in [1.807, 2.05) is 13.8 Å². The largest absolute Gasteiger partial charge is 0.497 e. The van der Waals surface area contributed by atoms with E-state index in [4.69, 9.17) is 30.8 Å². The SMILES string of the molecule is CCO[C@H]1CN(C(=O)OC)CC1Nc1c(CC)nc(-c2ccc(OC)cc2Cl)n(C)c1=O. The molecule has 0 spiro atoms. The summed E-state index contributed by atoms with van der Waals surface area (Å²) in [4.78, 5) is 31.7. The van der Waals surface area contributed by atoms with Crippen molar-refractivity contribution in [2.24, 2.45) is 7.05 Å². The number of likely N-dealkylation sites (tertiary alicyclic amines) is 1. The smallest absolute Gasteiger partial charge is 0.409 e. The fraction of sp³-hybridized carbons (Fsp3) is 0.500. The second kappa shape index (κ2) is 10.2. The molecule has 1 aliphatic heterocycles. The third-order valence-corrected chi connectivity index (χ3v) is 5.84. The molecule has 1 aliphatic rings. The van der Waals surface area contributed by atoms with E-state index in [-0.39, 0.29) is 17.7 Å². The standard InChI is InChI=1S/C22H29ClN4O5/c1-6-16-19(24-17-11-27(22(29)31-5)12-18(17)32-7-2)21(28)26(3)20(25-16)14-9-8-13(30-4)10-15(14)23/h8-10,17-18,24H,6-7,11-12H2,1-5H3/t17?,18-/m0/s1. The first-order valence-electron chi connectivity index (χ1n) is 10.5. The summed E-state index contributed by atoms with van der Waals surface area (Å²) in [5.74, 6) is 1.09. The van der Waals surface area contributed by atoms with Crippen molar-refractivity contribution in [3.8, 4) is 17.1 Å². The van der Waals surface area contributed by atoms with E-state index in [2.05, 4.69) is 5.32 Å². The van der Waals surface area contributed by atoms with Crippen LogP contribution in [0, 0.1) is 0 Å². The summed E-state index contributed by atoms with van der Waals surface area (Å²) in [7, 11) is 4.57. The molecule has 9 nitrogen and oxygen atoms in total. The van der Waals surface area contributed by atoms with Gasteiger partial charge in [0.2, 0.25) is 0 Å². The highest BCUT2D eigenvalue weighted by Crippen LogP contribution is 2.30. The Balaban J connectivity index is 1.98. The summed E-state index contributed by atoms with van der Waals surface area (Å²) in [5, 5.41) is 3.74. The van der Waals surface area contributed by atoms with Crippen molar-refractivity contribution in [2.75, 3.05) is 39.2 Å². The van der Waals surface area contributed by atoms with E-state index in [0.717, 1.165) is 0 Å². The van der Waals surface area contributed by atoms with Crippen LogP contribution in [0.2, 0.25) is 5.02 Å². The average molecular weight is 465 g/mol. The Kier molecular flexibility index (Phi) is 7.63. The fourth-order valence-electron chi connectivity index (χ4n) is 3.85. The minimum Gasteiger partial charge on any atom is -0.497 e. The molecule has 32 heavy (non-hydrogen) atoms. The lowest BCUT2D eigenvalue weighted by molar-refractivity contribution is 0.0614. The van der Waals surface area contributed by atoms with E-state index in [1.165, 1.54) is 11.7 Å². The number of aromatic nitrogens is 2. The average Bonchev–Trinajstić information content (AvgIpc) is 3.19. The van der Waals surface area contributed by atoms with E-state index >= 15 is 0 Å². The van der Waals surface area contributed by atoms with Crippen LogP contribution in [-0.4, -0.2) is 66.6 Å². The molecule has 174 valence electrons. The van der Waals surface area contributed by atoms with Gasteiger partial charge in [-0.3, -0.25) is 9.36 Å². The lowest BCUT2D eigenvalue weighted by Crippen LogP contribution is -2.38. The van der Waals surface area contributed by atoms with Gasteiger partial charge in [0.1, 0.15) is 17.3 Å². The summed E-state index contributed by atoms with van der Waals surface area (Å²) < 4.78 is 17.3. The lowest BCUT2D eigenvalue weighted by Gasteiger charge is -2.22. The van der Waals surface area contributed by atoms with Gasteiger partial charge in [0.15, 0.2) is 0 Å². The highest BCUT2D eigenvalue weighted by atomic mass is 35.5. The predicted octanol–water partition coefficient (Wildman–Crippen LogP) is 2.94.